The number of nitrogens with zero attached hydrogens (tertiary/aromatic N) is 3. The molecule has 196 valence electrons. The minimum absolute atomic E-state index is 0.0996. The van der Waals surface area contributed by atoms with Gasteiger partial charge in [0.25, 0.3) is 5.91 Å². The summed E-state index contributed by atoms with van der Waals surface area (Å²) < 4.78 is 12.6. The molecule has 1 amide bonds. The van der Waals surface area contributed by atoms with Crippen molar-refractivity contribution in [2.45, 2.75) is 13.0 Å². The van der Waals surface area contributed by atoms with E-state index in [9.17, 15) is 9.18 Å². The van der Waals surface area contributed by atoms with Crippen molar-refractivity contribution in [2.75, 3.05) is 51.7 Å². The van der Waals surface area contributed by atoms with Crippen LogP contribution in [0.2, 0.25) is 5.02 Å². The lowest BCUT2D eigenvalue weighted by molar-refractivity contribution is 0.0659. The molecule has 1 fully saturated rings. The quantitative estimate of drug-likeness (QED) is 0.447. The van der Waals surface area contributed by atoms with E-state index in [0.29, 0.717) is 23.2 Å². The van der Waals surface area contributed by atoms with Gasteiger partial charge in [-0.05, 0) is 74.5 Å². The molecule has 0 aliphatic carbocycles. The lowest BCUT2D eigenvalue weighted by atomic mass is 10.0. The number of anilines is 1. The monoisotopic (exact) mass is 523 g/mol. The zero-order chi connectivity index (χ0) is 26.4. The second kappa shape index (κ2) is 12.4. The maximum Gasteiger partial charge on any atom is 0.270 e. The van der Waals surface area contributed by atoms with Crippen molar-refractivity contribution in [2.24, 2.45) is 5.92 Å². The van der Waals surface area contributed by atoms with Gasteiger partial charge in [-0.1, -0.05) is 23.8 Å². The molecule has 2 aromatic carbocycles. The standard InChI is InChI=1S/C21H26N4O.C8H9ClFN/c1-3-16-6-8-24(9-7-16)18-4-5-19-17(14-18)15-20(22-19)21(26)25-12-10-23(2)11-13-25;1-11-5-6-2-7(9)4-8(10)3-6/h3-6,8,14-16,22H,1,7,9-13H2,2H3;2-4,11H,5H2,1H3. The molecule has 0 radical (unpaired) electrons. The first-order chi connectivity index (χ1) is 17.9. The summed E-state index contributed by atoms with van der Waals surface area (Å²) in [6.07, 6.45) is 7.41. The van der Waals surface area contributed by atoms with Gasteiger partial charge in [-0.15, -0.1) is 6.58 Å². The summed E-state index contributed by atoms with van der Waals surface area (Å²) in [4.78, 5) is 22.5. The van der Waals surface area contributed by atoms with E-state index in [1.165, 1.54) is 12.1 Å². The highest BCUT2D eigenvalue weighted by atomic mass is 35.5. The number of nitrogens with one attached hydrogen (secondary N) is 2. The minimum atomic E-state index is -0.289. The lowest BCUT2D eigenvalue weighted by Gasteiger charge is -2.32. The van der Waals surface area contributed by atoms with Crippen molar-refractivity contribution in [3.63, 3.8) is 0 Å². The number of H-pyrrole nitrogens is 1. The number of fused-ring (bicyclic) bond motifs is 1. The summed E-state index contributed by atoms with van der Waals surface area (Å²) in [7, 11) is 3.90. The first kappa shape index (κ1) is 26.9. The van der Waals surface area contributed by atoms with Crippen LogP contribution in [0.3, 0.4) is 0 Å². The Balaban J connectivity index is 0.000000245. The summed E-state index contributed by atoms with van der Waals surface area (Å²) in [6, 6.07) is 12.8. The number of hydrogen-bond donors (Lipinski definition) is 2. The number of aromatic nitrogens is 1. The van der Waals surface area contributed by atoms with Crippen LogP contribution in [0.15, 0.2) is 67.4 Å². The minimum Gasteiger partial charge on any atom is -0.351 e. The molecule has 2 aliphatic rings. The number of benzene rings is 2. The molecule has 1 aromatic heterocycles. The normalized spacial score (nSPS) is 18.0. The smallest absolute Gasteiger partial charge is 0.270 e. The van der Waals surface area contributed by atoms with Crippen LogP contribution in [0.4, 0.5) is 10.1 Å². The highest BCUT2D eigenvalue weighted by Gasteiger charge is 2.22. The summed E-state index contributed by atoms with van der Waals surface area (Å²) in [6.45, 7) is 8.94. The van der Waals surface area contributed by atoms with E-state index in [0.717, 1.165) is 61.3 Å². The fraction of sp³-hybridized carbons (Fsp3) is 0.345. The molecule has 3 aromatic rings. The Bertz CT molecular complexity index is 1240. The molecule has 5 rings (SSSR count). The third-order valence-corrected chi connectivity index (χ3v) is 7.00. The Hall–Kier alpha value is -3.13. The van der Waals surface area contributed by atoms with E-state index in [4.69, 9.17) is 11.6 Å². The van der Waals surface area contributed by atoms with Gasteiger partial charge in [0.15, 0.2) is 0 Å². The van der Waals surface area contributed by atoms with Gasteiger partial charge in [0.2, 0.25) is 0 Å². The van der Waals surface area contributed by atoms with Crippen LogP contribution in [0, 0.1) is 11.7 Å². The Morgan fingerprint density at radius 1 is 1.16 bits per heavy atom. The molecule has 0 spiro atoms. The SMILES string of the molecule is C=CC1C=CN(c2ccc3[nH]c(C(=O)N4CCN(C)CC4)cc3c2)CC1.CNCc1cc(F)cc(Cl)c1. The topological polar surface area (TPSA) is 54.6 Å². The average Bonchev–Trinajstić information content (AvgIpc) is 3.32. The van der Waals surface area contributed by atoms with E-state index < -0.39 is 0 Å². The van der Waals surface area contributed by atoms with Gasteiger partial charge in [0, 0.05) is 67.1 Å². The molecule has 2 N–H and O–H groups in total. The van der Waals surface area contributed by atoms with Gasteiger partial charge in [-0.3, -0.25) is 4.79 Å². The van der Waals surface area contributed by atoms with E-state index in [2.05, 4.69) is 64.2 Å². The van der Waals surface area contributed by atoms with E-state index in [1.807, 2.05) is 17.0 Å². The summed E-state index contributed by atoms with van der Waals surface area (Å²) in [5, 5.41) is 4.44. The second-order valence-corrected chi connectivity index (χ2v) is 10.0. The zero-order valence-electron chi connectivity index (χ0n) is 21.5. The van der Waals surface area contributed by atoms with E-state index in [1.54, 1.807) is 13.1 Å². The number of piperazine rings is 1. The lowest BCUT2D eigenvalue weighted by Crippen LogP contribution is -2.47. The number of carbonyl (C=O) groups is 1. The highest BCUT2D eigenvalue weighted by Crippen LogP contribution is 2.27. The number of aromatic amines is 1. The number of allylic oxidation sites excluding steroid dienone is 2. The van der Waals surface area contributed by atoms with Gasteiger partial charge in [-0.25, -0.2) is 4.39 Å². The molecule has 1 saturated heterocycles. The van der Waals surface area contributed by atoms with Crippen molar-refractivity contribution >= 4 is 34.1 Å². The van der Waals surface area contributed by atoms with Crippen LogP contribution in [0.25, 0.3) is 10.9 Å². The van der Waals surface area contributed by atoms with E-state index in [-0.39, 0.29) is 11.7 Å². The molecule has 2 aliphatic heterocycles. The molecular formula is C29H35ClFN5O. The Morgan fingerprint density at radius 3 is 2.59 bits per heavy atom. The average molecular weight is 524 g/mol. The predicted molar refractivity (Wildman–Crippen MR) is 151 cm³/mol. The number of carbonyl (C=O) groups excluding carboxylic acids is 1. The first-order valence-electron chi connectivity index (χ1n) is 12.6. The fourth-order valence-electron chi connectivity index (χ4n) is 4.60. The molecule has 3 heterocycles. The molecule has 8 heteroatoms. The Labute approximate surface area is 223 Å². The van der Waals surface area contributed by atoms with Gasteiger partial charge in [0.1, 0.15) is 11.5 Å². The van der Waals surface area contributed by atoms with Gasteiger partial charge in [-0.2, -0.15) is 0 Å². The van der Waals surface area contributed by atoms with Gasteiger partial charge >= 0.3 is 0 Å². The number of hydrogen-bond acceptors (Lipinski definition) is 4. The fourth-order valence-corrected chi connectivity index (χ4v) is 4.84. The largest absolute Gasteiger partial charge is 0.351 e. The van der Waals surface area contributed by atoms with Crippen molar-refractivity contribution < 1.29 is 9.18 Å². The summed E-state index contributed by atoms with van der Waals surface area (Å²) >= 11 is 5.62. The highest BCUT2D eigenvalue weighted by molar-refractivity contribution is 6.30. The number of amides is 1. The van der Waals surface area contributed by atoms with Crippen LogP contribution < -0.4 is 10.2 Å². The molecule has 1 unspecified atom stereocenters. The van der Waals surface area contributed by atoms with Crippen molar-refractivity contribution in [1.82, 2.24) is 20.1 Å². The van der Waals surface area contributed by atoms with Gasteiger partial charge in [0.05, 0.1) is 0 Å². The van der Waals surface area contributed by atoms with E-state index >= 15 is 0 Å². The predicted octanol–water partition coefficient (Wildman–Crippen LogP) is 5.28. The van der Waals surface area contributed by atoms with Crippen molar-refractivity contribution in [3.8, 4) is 0 Å². The molecule has 37 heavy (non-hydrogen) atoms. The third-order valence-electron chi connectivity index (χ3n) is 6.78. The number of likely N-dealkylation sites (N-methyl/N-ethyl adjacent to an activating group) is 1. The van der Waals surface area contributed by atoms with Crippen LogP contribution in [0.1, 0.15) is 22.5 Å². The number of halogens is 2. The second-order valence-electron chi connectivity index (χ2n) is 9.58. The Kier molecular flexibility index (Phi) is 9.03. The molecule has 0 saturated carbocycles. The first-order valence-corrected chi connectivity index (χ1v) is 13.0. The van der Waals surface area contributed by atoms with Crippen molar-refractivity contribution in [1.29, 1.82) is 0 Å². The van der Waals surface area contributed by atoms with Crippen LogP contribution in [0.5, 0.6) is 0 Å². The van der Waals surface area contributed by atoms with Gasteiger partial charge < -0.3 is 25.0 Å². The zero-order valence-corrected chi connectivity index (χ0v) is 22.3. The maximum atomic E-state index is 12.8. The van der Waals surface area contributed by atoms with Crippen molar-refractivity contribution in [3.05, 3.63) is 89.5 Å². The summed E-state index contributed by atoms with van der Waals surface area (Å²) in [5.41, 5.74) is 3.71. The molecule has 6 nitrogen and oxygen atoms in total. The maximum absolute atomic E-state index is 12.8. The molecular weight excluding hydrogens is 489 g/mol. The summed E-state index contributed by atoms with van der Waals surface area (Å²) in [5.74, 6) is 0.278. The van der Waals surface area contributed by atoms with Crippen LogP contribution >= 0.6 is 11.6 Å². The molecule has 0 bridgehead atoms. The number of rotatable bonds is 5. The molecule has 1 atom stereocenters. The Morgan fingerprint density at radius 2 is 1.95 bits per heavy atom. The van der Waals surface area contributed by atoms with Crippen LogP contribution in [-0.2, 0) is 6.54 Å². The third kappa shape index (κ3) is 7.01. The van der Waals surface area contributed by atoms with Crippen LogP contribution in [-0.4, -0.2) is 67.5 Å².